The molecule has 1 aromatic heterocycles. The molecule has 3 heterocycles. The van der Waals surface area contributed by atoms with Crippen LogP contribution in [0.1, 0.15) is 76.7 Å². The monoisotopic (exact) mass is 1560 g/mol. The molecule has 3 unspecified atom stereocenters. The van der Waals surface area contributed by atoms with Crippen LogP contribution in [0.4, 0.5) is 5.69 Å². The predicted octanol–water partition coefficient (Wildman–Crippen LogP) is -0.348. The zero-order valence-corrected chi connectivity index (χ0v) is 60.1. The zero-order chi connectivity index (χ0) is 76.7. The van der Waals surface area contributed by atoms with Crippen LogP contribution in [-0.4, -0.2) is 323 Å². The number of aliphatic carboxylic acids is 4. The number of aromatic nitrogens is 3. The third-order valence-electron chi connectivity index (χ3n) is 16.3. The number of carboxylic acids is 4. The number of ketones is 1. The molecule has 584 valence electrons. The Bertz CT molecular complexity index is 3270. The normalized spacial score (nSPS) is 15.0. The Hall–Kier alpha value is -7.80. The Labute approximate surface area is 622 Å². The van der Waals surface area contributed by atoms with E-state index in [1.165, 1.54) is 0 Å². The van der Waals surface area contributed by atoms with E-state index < -0.39 is 80.2 Å². The minimum absolute atomic E-state index is 0. The van der Waals surface area contributed by atoms with Crippen molar-refractivity contribution in [2.24, 2.45) is 11.8 Å². The third kappa shape index (κ3) is 38.9. The molecule has 0 radical (unpaired) electrons. The number of nitrogens with zero attached hydrogens (tertiary/aromatic N) is 8. The number of Topliss-reactive ketones (excluding diaryl/α,β-unsaturated/α-hetero) is 1. The SMILES string of the molecule is CCCC(CP(=O)(O)OCCC(CC(=O)CC[C@@H](NC(=O)CCOCCOCCOCCOCCOCCC(=O)NCCC(=O)N1Cc2ccccc2-c2c(nnn2CCCNC(=O)CN2CCN(C)CCN(C)CCN(CC(=O)O)CC2)-c2ccccc21)C(=O)O)C(=O)O)C(=O)O.O=C=O.O=C=O.[68GaH3]. The van der Waals surface area contributed by atoms with Crippen LogP contribution in [0.2, 0.25) is 0 Å². The van der Waals surface area contributed by atoms with Gasteiger partial charge in [-0.3, -0.25) is 52.7 Å². The molecule has 105 heavy (non-hydrogen) atoms. The minimum atomic E-state index is -4.37. The van der Waals surface area contributed by atoms with Gasteiger partial charge in [-0.2, -0.15) is 19.2 Å². The fraction of sp³-hybridized carbons (Fsp3) is 0.627. The molecular weight excluding hydrogens is 1460 g/mol. The number of carbonyl (C=O) groups excluding carboxylic acids is 9. The molecule has 1 saturated heterocycles. The summed E-state index contributed by atoms with van der Waals surface area (Å²) in [6.07, 6.45) is -0.606. The van der Waals surface area contributed by atoms with Crippen molar-refractivity contribution >= 4 is 98.7 Å². The molecule has 2 aromatic carbocycles. The molecule has 0 bridgehead atoms. The van der Waals surface area contributed by atoms with Gasteiger partial charge in [-0.25, -0.2) is 9.48 Å². The average molecular weight is 1560 g/mol. The second-order valence-corrected chi connectivity index (χ2v) is 26.2. The van der Waals surface area contributed by atoms with E-state index >= 15 is 0 Å². The summed E-state index contributed by atoms with van der Waals surface area (Å²) in [6.45, 7) is 10.2. The van der Waals surface area contributed by atoms with Gasteiger partial charge in [-0.15, -0.1) is 5.10 Å². The Morgan fingerprint density at radius 2 is 1.09 bits per heavy atom. The van der Waals surface area contributed by atoms with Gasteiger partial charge in [0.1, 0.15) is 17.5 Å². The summed E-state index contributed by atoms with van der Waals surface area (Å²) in [7, 11) is -0.252. The van der Waals surface area contributed by atoms with Gasteiger partial charge in [0, 0.05) is 115 Å². The van der Waals surface area contributed by atoms with E-state index in [0.717, 1.165) is 48.6 Å². The van der Waals surface area contributed by atoms with Crippen LogP contribution in [-0.2, 0) is 108 Å². The van der Waals surface area contributed by atoms with Gasteiger partial charge in [-0.05, 0) is 51.4 Å². The van der Waals surface area contributed by atoms with E-state index in [4.69, 9.17) is 47.4 Å². The van der Waals surface area contributed by atoms with Crippen LogP contribution >= 0.6 is 7.60 Å². The van der Waals surface area contributed by atoms with Gasteiger partial charge < -0.3 is 84.2 Å². The van der Waals surface area contributed by atoms with E-state index in [-0.39, 0.29) is 187 Å². The van der Waals surface area contributed by atoms with Crippen molar-refractivity contribution in [1.82, 2.24) is 50.5 Å². The van der Waals surface area contributed by atoms with Crippen molar-refractivity contribution < 1.29 is 120 Å². The second kappa shape index (κ2) is 53.9. The number of hydrogen-bond acceptors (Lipinski definition) is 26. The van der Waals surface area contributed by atoms with Crippen molar-refractivity contribution in [2.75, 3.05) is 176 Å². The Morgan fingerprint density at radius 1 is 0.581 bits per heavy atom. The molecule has 4 amide bonds. The molecule has 2 aliphatic rings. The number of carbonyl (C=O) groups is 9. The molecule has 1 fully saturated rings. The van der Waals surface area contributed by atoms with E-state index in [1.807, 2.05) is 65.2 Å². The molecule has 3 aromatic rings. The van der Waals surface area contributed by atoms with Gasteiger partial charge in [0.25, 0.3) is 0 Å². The number of hydrogen-bond donors (Lipinski definition) is 8. The summed E-state index contributed by atoms with van der Waals surface area (Å²) in [5.41, 5.74) is 4.56. The molecule has 0 spiro atoms. The van der Waals surface area contributed by atoms with Gasteiger partial charge in [-0.1, -0.05) is 61.0 Å². The summed E-state index contributed by atoms with van der Waals surface area (Å²) < 4.78 is 46.7. The topological polar surface area (TPSA) is 479 Å². The van der Waals surface area contributed by atoms with E-state index in [0.29, 0.717) is 63.5 Å². The first-order valence-electron chi connectivity index (χ1n) is 34.2. The number of likely N-dealkylation sites (N-methyl/N-ethyl adjacent to an activating group) is 2. The van der Waals surface area contributed by atoms with Gasteiger partial charge >= 0.3 is 63.6 Å². The number of nitrogens with one attached hydrogen (secondary N) is 3. The number of fused-ring (bicyclic) bond motifs is 5. The van der Waals surface area contributed by atoms with Crippen molar-refractivity contribution in [2.45, 2.75) is 90.3 Å². The van der Waals surface area contributed by atoms with Crippen LogP contribution < -0.4 is 20.9 Å². The number of anilines is 1. The van der Waals surface area contributed by atoms with Crippen LogP contribution in [0.25, 0.3) is 22.5 Å². The van der Waals surface area contributed by atoms with E-state index in [2.05, 4.69) is 48.0 Å². The van der Waals surface area contributed by atoms with Crippen molar-refractivity contribution in [3.63, 3.8) is 0 Å². The van der Waals surface area contributed by atoms with Gasteiger partial charge in [0.2, 0.25) is 23.6 Å². The van der Waals surface area contributed by atoms with Crippen LogP contribution in [0, 0.1) is 11.8 Å². The molecule has 2 aliphatic heterocycles. The number of amides is 4. The predicted molar refractivity (Wildman–Crippen MR) is 377 cm³/mol. The van der Waals surface area contributed by atoms with E-state index in [1.54, 1.807) is 11.8 Å². The van der Waals surface area contributed by atoms with Crippen molar-refractivity contribution in [1.29, 1.82) is 0 Å². The molecule has 38 heteroatoms. The Kier molecular flexibility index (Phi) is 47.9. The number of rotatable bonds is 46. The zero-order valence-electron chi connectivity index (χ0n) is 59.2. The summed E-state index contributed by atoms with van der Waals surface area (Å²) in [4.78, 5) is 165. The quantitative estimate of drug-likeness (QED) is 0.0204. The standard InChI is InChI=1S/C65H100N11O21P.2CO2.Ga.3H/c1-4-10-50(64(86)87)47-98(90,91)97-34-18-48(63(84)85)43-51(77)15-16-54(65(88)89)68-57(79)20-33-93-36-38-95-40-42-96-41-39-94-37-35-92-32-19-56(78)67-22-17-59(81)75-44-49-11-5-6-12-52(49)62-61(53-13-7-8-14-55(53)75)69-70-76(62)23-9-21-66-58(80)45-73-28-26-71(2)24-25-72(3)27-29-74(31-30-73)46-60(82)83;2*2-1-3;;;;/h5-8,11-14,48,50,54H,4,9-10,15-47H2,1-3H3,(H,66,80)(H,67,78)(H,68,79)(H,82,83)(H,84,85)(H,86,87)(H,88,89)(H,90,91);;;;;;/t48?,50?,54-;;;;;;/m1....../s1/i;;;1-2;;;. The van der Waals surface area contributed by atoms with E-state index in [9.17, 15) is 73.0 Å². The van der Waals surface area contributed by atoms with Crippen molar-refractivity contribution in [3.05, 3.63) is 54.1 Å². The number of aryl methyl sites for hydroxylation is 1. The van der Waals surface area contributed by atoms with Crippen LogP contribution in [0.15, 0.2) is 48.5 Å². The summed E-state index contributed by atoms with van der Waals surface area (Å²) >= 11 is 0. The fourth-order valence-corrected chi connectivity index (χ4v) is 12.2. The molecule has 8 N–H and O–H groups in total. The van der Waals surface area contributed by atoms with Gasteiger partial charge in [0.05, 0.1) is 122 Å². The first-order chi connectivity index (χ1) is 49.9. The maximum atomic E-state index is 14.1. The molecule has 5 rings (SSSR count). The molecule has 4 atom stereocenters. The fourth-order valence-electron chi connectivity index (χ4n) is 10.8. The summed E-state index contributed by atoms with van der Waals surface area (Å²) in [5, 5.41) is 55.5. The van der Waals surface area contributed by atoms with Gasteiger partial charge in [0.15, 0.2) is 0 Å². The van der Waals surface area contributed by atoms with Crippen LogP contribution in [0.5, 0.6) is 0 Å². The third-order valence-corrected chi connectivity index (χ3v) is 17.8. The molecular formula is C67H103GaN11O25P. The number of ether oxygens (including phenoxy) is 5. The maximum absolute atomic E-state index is 14.1. The first kappa shape index (κ1) is 93.3. The molecule has 0 saturated carbocycles. The number of para-hydroxylation sites is 1. The average Bonchev–Trinajstić information content (AvgIpc) is 1.70. The van der Waals surface area contributed by atoms with Crippen molar-refractivity contribution in [3.8, 4) is 22.5 Å². The second-order valence-electron chi connectivity index (χ2n) is 24.3. The number of carboxylic acid groups (broad SMARTS) is 4. The molecule has 36 nitrogen and oxygen atoms in total. The first-order valence-corrected chi connectivity index (χ1v) is 35.9. The molecule has 0 aliphatic carbocycles. The Balaban J connectivity index is 0.00000516. The Morgan fingerprint density at radius 3 is 1.64 bits per heavy atom. The summed E-state index contributed by atoms with van der Waals surface area (Å²) in [5.74, 6) is -9.20. The number of benzene rings is 2. The summed E-state index contributed by atoms with van der Waals surface area (Å²) in [6, 6.07) is 13.9. The van der Waals surface area contributed by atoms with Crippen LogP contribution in [0.3, 0.4) is 0 Å².